The largest absolute Gasteiger partial charge is 0.453 e. The first-order valence-corrected chi connectivity index (χ1v) is 9.07. The minimum atomic E-state index is -4.75. The summed E-state index contributed by atoms with van der Waals surface area (Å²) in [6.45, 7) is 3.98. The highest BCUT2D eigenvalue weighted by molar-refractivity contribution is 5.96. The van der Waals surface area contributed by atoms with Crippen LogP contribution in [-0.4, -0.2) is 45.9 Å². The van der Waals surface area contributed by atoms with Crippen LogP contribution in [-0.2, 0) is 10.9 Å². The number of tetrazole rings is 1. The van der Waals surface area contributed by atoms with Crippen molar-refractivity contribution in [1.82, 2.24) is 25.5 Å². The van der Waals surface area contributed by atoms with Gasteiger partial charge < -0.3 is 10.1 Å². The number of rotatable bonds is 6. The monoisotopic (exact) mass is 419 g/mol. The van der Waals surface area contributed by atoms with E-state index in [4.69, 9.17) is 4.74 Å². The summed E-state index contributed by atoms with van der Waals surface area (Å²) in [5.41, 5.74) is 2.52. The van der Waals surface area contributed by atoms with E-state index in [1.807, 2.05) is 31.2 Å². The lowest BCUT2D eigenvalue weighted by atomic mass is 10.0. The summed E-state index contributed by atoms with van der Waals surface area (Å²) < 4.78 is 45.5. The number of carbonyl (C=O) groups is 1. The third-order valence-electron chi connectivity index (χ3n) is 4.33. The second-order valence-electron chi connectivity index (χ2n) is 6.88. The van der Waals surface area contributed by atoms with Crippen molar-refractivity contribution in [2.24, 2.45) is 0 Å². The zero-order valence-electron chi connectivity index (χ0n) is 16.6. The van der Waals surface area contributed by atoms with Crippen LogP contribution in [0, 0.1) is 6.92 Å². The Morgan fingerprint density at radius 2 is 1.87 bits per heavy atom. The van der Waals surface area contributed by atoms with Crippen molar-refractivity contribution in [3.05, 3.63) is 59.4 Å². The number of methoxy groups -OCH3 is 1. The number of hydrogen-bond acceptors (Lipinski definition) is 5. The number of nitrogens with one attached hydrogen (secondary N) is 1. The third-order valence-corrected chi connectivity index (χ3v) is 4.33. The highest BCUT2D eigenvalue weighted by Gasteiger charge is 2.38. The van der Waals surface area contributed by atoms with Crippen LogP contribution < -0.4 is 5.32 Å². The van der Waals surface area contributed by atoms with Gasteiger partial charge in [-0.1, -0.05) is 29.8 Å². The van der Waals surface area contributed by atoms with Gasteiger partial charge >= 0.3 is 6.18 Å². The molecule has 3 rings (SSSR count). The molecule has 0 aliphatic rings. The normalized spacial score (nSPS) is 12.6. The van der Waals surface area contributed by atoms with Crippen molar-refractivity contribution < 1.29 is 22.7 Å². The van der Waals surface area contributed by atoms with Crippen LogP contribution in [0.3, 0.4) is 0 Å². The summed E-state index contributed by atoms with van der Waals surface area (Å²) in [5.74, 6) is -1.72. The number of aryl methyl sites for hydroxylation is 1. The quantitative estimate of drug-likeness (QED) is 0.662. The van der Waals surface area contributed by atoms with Gasteiger partial charge in [0.2, 0.25) is 0 Å². The topological polar surface area (TPSA) is 81.9 Å². The number of amides is 1. The molecular weight excluding hydrogens is 399 g/mol. The number of alkyl halides is 3. The number of nitrogens with zero attached hydrogens (tertiary/aromatic N) is 4. The molecule has 0 saturated carbocycles. The first-order valence-electron chi connectivity index (χ1n) is 9.07. The van der Waals surface area contributed by atoms with Gasteiger partial charge in [-0.05, 0) is 53.6 Å². The molecule has 0 bridgehead atoms. The highest BCUT2D eigenvalue weighted by atomic mass is 19.4. The summed E-state index contributed by atoms with van der Waals surface area (Å²) in [6, 6.07) is 11.6. The molecule has 0 radical (unpaired) electrons. The van der Waals surface area contributed by atoms with Crippen molar-refractivity contribution in [3.8, 4) is 16.8 Å². The summed E-state index contributed by atoms with van der Waals surface area (Å²) in [6.07, 6.45) is -4.75. The van der Waals surface area contributed by atoms with E-state index < -0.39 is 17.9 Å². The van der Waals surface area contributed by atoms with E-state index in [0.717, 1.165) is 11.1 Å². The molecule has 0 unspecified atom stereocenters. The summed E-state index contributed by atoms with van der Waals surface area (Å²) in [4.78, 5) is 12.7. The Balaban J connectivity index is 2.10. The van der Waals surface area contributed by atoms with Gasteiger partial charge in [-0.15, -0.1) is 5.10 Å². The minimum Gasteiger partial charge on any atom is -0.383 e. The van der Waals surface area contributed by atoms with Gasteiger partial charge in [-0.25, -0.2) is 0 Å². The van der Waals surface area contributed by atoms with E-state index in [2.05, 4.69) is 20.8 Å². The number of ether oxygens (including phenoxy) is 1. The Morgan fingerprint density at radius 1 is 1.17 bits per heavy atom. The highest BCUT2D eigenvalue weighted by Crippen LogP contribution is 2.30. The average Bonchev–Trinajstić information content (AvgIpc) is 3.19. The smallest absolute Gasteiger partial charge is 0.383 e. The molecule has 3 aromatic rings. The second kappa shape index (κ2) is 8.62. The molecular formula is C20H20F3N5O2. The Bertz CT molecular complexity index is 1030. The van der Waals surface area contributed by atoms with E-state index in [-0.39, 0.29) is 17.3 Å². The lowest BCUT2D eigenvalue weighted by Crippen LogP contribution is -2.35. The maximum atomic E-state index is 13.3. The van der Waals surface area contributed by atoms with Crippen LogP contribution in [0.4, 0.5) is 13.2 Å². The predicted molar refractivity (Wildman–Crippen MR) is 103 cm³/mol. The van der Waals surface area contributed by atoms with E-state index in [1.165, 1.54) is 19.2 Å². The van der Waals surface area contributed by atoms with Crippen LogP contribution in [0.2, 0.25) is 0 Å². The standard InChI is InChI=1S/C20H20F3N5O2/c1-12-4-6-14(7-5-12)15-8-16(18(29)24-13(2)11-30-3)10-17(9-15)28-19(20(21,22)23)25-26-27-28/h4-10,13H,11H2,1-3H3,(H,24,29)/t13-/m1/s1. The molecule has 1 atom stereocenters. The predicted octanol–water partition coefficient (Wildman–Crippen LogP) is 3.42. The molecule has 158 valence electrons. The van der Waals surface area contributed by atoms with Crippen molar-refractivity contribution in [2.75, 3.05) is 13.7 Å². The number of benzene rings is 2. The molecule has 2 aromatic carbocycles. The van der Waals surface area contributed by atoms with Gasteiger partial charge in [0.15, 0.2) is 0 Å². The van der Waals surface area contributed by atoms with Gasteiger partial charge in [0, 0.05) is 18.7 Å². The Hall–Kier alpha value is -3.27. The van der Waals surface area contributed by atoms with Crippen molar-refractivity contribution in [2.45, 2.75) is 26.1 Å². The van der Waals surface area contributed by atoms with Crippen LogP contribution in [0.15, 0.2) is 42.5 Å². The van der Waals surface area contributed by atoms with Crippen LogP contribution in [0.1, 0.15) is 28.7 Å². The molecule has 7 nitrogen and oxygen atoms in total. The Labute approximate surface area is 170 Å². The SMILES string of the molecule is COC[C@@H](C)NC(=O)c1cc(-c2ccc(C)cc2)cc(-n2nnnc2C(F)(F)F)c1. The summed E-state index contributed by atoms with van der Waals surface area (Å²) in [7, 11) is 1.51. The number of carbonyl (C=O) groups excluding carboxylic acids is 1. The molecule has 0 aliphatic heterocycles. The molecule has 0 spiro atoms. The fraction of sp³-hybridized carbons (Fsp3) is 0.300. The van der Waals surface area contributed by atoms with Gasteiger partial charge in [-0.2, -0.15) is 17.9 Å². The lowest BCUT2D eigenvalue weighted by Gasteiger charge is -2.15. The fourth-order valence-electron chi connectivity index (χ4n) is 2.91. The Morgan fingerprint density at radius 3 is 2.50 bits per heavy atom. The van der Waals surface area contributed by atoms with Gasteiger partial charge in [0.1, 0.15) is 0 Å². The van der Waals surface area contributed by atoms with Crippen LogP contribution in [0.5, 0.6) is 0 Å². The van der Waals surface area contributed by atoms with Gasteiger partial charge in [0.25, 0.3) is 11.7 Å². The number of halogens is 3. The molecule has 1 amide bonds. The third kappa shape index (κ3) is 4.82. The lowest BCUT2D eigenvalue weighted by molar-refractivity contribution is -0.146. The van der Waals surface area contributed by atoms with Gasteiger partial charge in [-0.3, -0.25) is 4.79 Å². The first-order chi connectivity index (χ1) is 14.2. The zero-order valence-corrected chi connectivity index (χ0v) is 16.6. The molecule has 0 aliphatic carbocycles. The minimum absolute atomic E-state index is 0.0231. The van der Waals surface area contributed by atoms with Crippen molar-refractivity contribution >= 4 is 5.91 Å². The van der Waals surface area contributed by atoms with E-state index in [1.54, 1.807) is 13.0 Å². The maximum Gasteiger partial charge on any atom is 0.453 e. The molecule has 10 heteroatoms. The fourth-order valence-corrected chi connectivity index (χ4v) is 2.91. The van der Waals surface area contributed by atoms with Crippen LogP contribution in [0.25, 0.3) is 16.8 Å². The first kappa shape index (κ1) is 21.4. The molecule has 0 saturated heterocycles. The van der Waals surface area contributed by atoms with Crippen LogP contribution >= 0.6 is 0 Å². The number of aromatic nitrogens is 4. The molecule has 1 aromatic heterocycles. The molecule has 1 N–H and O–H groups in total. The maximum absolute atomic E-state index is 13.3. The molecule has 0 fully saturated rings. The molecule has 1 heterocycles. The van der Waals surface area contributed by atoms with E-state index in [0.29, 0.717) is 16.9 Å². The molecule has 30 heavy (non-hydrogen) atoms. The van der Waals surface area contributed by atoms with E-state index in [9.17, 15) is 18.0 Å². The van der Waals surface area contributed by atoms with Gasteiger partial charge in [0.05, 0.1) is 12.3 Å². The average molecular weight is 419 g/mol. The van der Waals surface area contributed by atoms with E-state index >= 15 is 0 Å². The Kier molecular flexibility index (Phi) is 6.16. The van der Waals surface area contributed by atoms with Crippen molar-refractivity contribution in [1.29, 1.82) is 0 Å². The zero-order chi connectivity index (χ0) is 21.9. The van der Waals surface area contributed by atoms with Crippen molar-refractivity contribution in [3.63, 3.8) is 0 Å². The number of hydrogen-bond donors (Lipinski definition) is 1. The second-order valence-corrected chi connectivity index (χ2v) is 6.88. The summed E-state index contributed by atoms with van der Waals surface area (Å²) in [5, 5.41) is 12.5. The summed E-state index contributed by atoms with van der Waals surface area (Å²) >= 11 is 0.